The van der Waals surface area contributed by atoms with E-state index in [0.717, 1.165) is 5.56 Å². The third-order valence-electron chi connectivity index (χ3n) is 3.69. The highest BCUT2D eigenvalue weighted by atomic mass is 16.7. The molecule has 1 heterocycles. The minimum absolute atomic E-state index is 0.193. The molecule has 1 saturated heterocycles. The molecule has 3 N–H and O–H groups in total. The molecule has 1 aromatic rings. The fourth-order valence-electron chi connectivity index (χ4n) is 2.57. The van der Waals surface area contributed by atoms with Gasteiger partial charge in [-0.3, -0.25) is 4.79 Å². The summed E-state index contributed by atoms with van der Waals surface area (Å²) < 4.78 is 11.3. The number of rotatable bonds is 6. The van der Waals surface area contributed by atoms with E-state index in [1.807, 2.05) is 30.3 Å². The Kier molecular flexibility index (Phi) is 6.53. The number of hydrogen-bond donors (Lipinski definition) is 3. The van der Waals surface area contributed by atoms with Gasteiger partial charge in [0.25, 0.3) is 0 Å². The van der Waals surface area contributed by atoms with Crippen LogP contribution < -0.4 is 5.32 Å². The topological polar surface area (TPSA) is 137 Å². The largest absolute Gasteiger partial charge is 0.394 e. The molecular weight excluding hydrogens is 316 g/mol. The number of amides is 1. The maximum atomic E-state index is 11.4. The van der Waals surface area contributed by atoms with Crippen molar-refractivity contribution in [2.45, 2.75) is 44.1 Å². The van der Waals surface area contributed by atoms with Crippen molar-refractivity contribution in [3.8, 4) is 0 Å². The number of nitrogens with one attached hydrogen (secondary N) is 1. The van der Waals surface area contributed by atoms with Gasteiger partial charge < -0.3 is 25.0 Å². The molecule has 24 heavy (non-hydrogen) atoms. The summed E-state index contributed by atoms with van der Waals surface area (Å²) in [4.78, 5) is 14.1. The molecule has 130 valence electrons. The van der Waals surface area contributed by atoms with Crippen molar-refractivity contribution in [1.29, 1.82) is 0 Å². The van der Waals surface area contributed by atoms with E-state index in [1.165, 1.54) is 6.92 Å². The molecule has 9 nitrogen and oxygen atoms in total. The average Bonchev–Trinajstić information content (AvgIpc) is 2.58. The van der Waals surface area contributed by atoms with E-state index < -0.39 is 43.1 Å². The van der Waals surface area contributed by atoms with Crippen LogP contribution in [0.5, 0.6) is 0 Å². The Balaban J connectivity index is 2.15. The first-order valence-electron chi connectivity index (χ1n) is 7.48. The summed E-state index contributed by atoms with van der Waals surface area (Å²) in [6.07, 6.45) is -3.18. The normalized spacial score (nSPS) is 29.5. The van der Waals surface area contributed by atoms with Gasteiger partial charge in [-0.2, -0.15) is 0 Å². The summed E-state index contributed by atoms with van der Waals surface area (Å²) in [7, 11) is 0. The summed E-state index contributed by atoms with van der Waals surface area (Å²) >= 11 is 0. The van der Waals surface area contributed by atoms with Crippen LogP contribution in [0.1, 0.15) is 12.5 Å². The molecule has 0 aromatic heterocycles. The first-order valence-corrected chi connectivity index (χ1v) is 7.48. The van der Waals surface area contributed by atoms with Gasteiger partial charge in [-0.25, -0.2) is 0 Å². The van der Waals surface area contributed by atoms with Gasteiger partial charge in [-0.05, 0) is 11.1 Å². The van der Waals surface area contributed by atoms with Gasteiger partial charge in [0, 0.05) is 11.8 Å². The quantitative estimate of drug-likeness (QED) is 0.394. The molecule has 0 radical (unpaired) electrons. The van der Waals surface area contributed by atoms with Crippen LogP contribution in [0, 0.1) is 0 Å². The second-order valence-corrected chi connectivity index (χ2v) is 5.43. The number of benzene rings is 1. The Morgan fingerprint density at radius 1 is 1.46 bits per heavy atom. The lowest BCUT2D eigenvalue weighted by atomic mass is 9.95. The summed E-state index contributed by atoms with van der Waals surface area (Å²) in [6.45, 7) is 1.03. The fourth-order valence-corrected chi connectivity index (χ4v) is 2.57. The van der Waals surface area contributed by atoms with Gasteiger partial charge >= 0.3 is 0 Å². The first kappa shape index (κ1) is 18.2. The lowest BCUT2D eigenvalue weighted by Gasteiger charge is -2.42. The molecule has 0 aliphatic carbocycles. The van der Waals surface area contributed by atoms with Crippen LogP contribution in [-0.4, -0.2) is 53.3 Å². The van der Waals surface area contributed by atoms with Crippen LogP contribution >= 0.6 is 0 Å². The Labute approximate surface area is 138 Å². The average molecular weight is 336 g/mol. The highest BCUT2D eigenvalue weighted by Gasteiger charge is 2.45. The van der Waals surface area contributed by atoms with Gasteiger partial charge in [0.05, 0.1) is 31.5 Å². The van der Waals surface area contributed by atoms with E-state index in [2.05, 4.69) is 15.3 Å². The molecule has 9 heteroatoms. The third kappa shape index (κ3) is 4.44. The predicted molar refractivity (Wildman–Crippen MR) is 83.5 cm³/mol. The van der Waals surface area contributed by atoms with Crippen LogP contribution in [0.25, 0.3) is 10.4 Å². The number of ether oxygens (including phenoxy) is 2. The molecule has 1 aliphatic rings. The van der Waals surface area contributed by atoms with Crippen molar-refractivity contribution in [1.82, 2.24) is 5.32 Å². The molecule has 1 aliphatic heterocycles. The highest BCUT2D eigenvalue weighted by molar-refractivity contribution is 5.73. The monoisotopic (exact) mass is 336 g/mol. The van der Waals surface area contributed by atoms with Gasteiger partial charge in [0.15, 0.2) is 6.29 Å². The minimum Gasteiger partial charge on any atom is -0.394 e. The van der Waals surface area contributed by atoms with Gasteiger partial charge in [-0.1, -0.05) is 35.4 Å². The molecule has 2 rings (SSSR count). The van der Waals surface area contributed by atoms with E-state index in [9.17, 15) is 15.0 Å². The second kappa shape index (κ2) is 8.62. The Hall–Kier alpha value is -2.16. The number of carbonyl (C=O) groups excluding carboxylic acids is 1. The summed E-state index contributed by atoms with van der Waals surface area (Å²) in [5, 5.41) is 25.9. The summed E-state index contributed by atoms with van der Waals surface area (Å²) in [6, 6.07) is 7.34. The lowest BCUT2D eigenvalue weighted by Crippen LogP contribution is -2.63. The van der Waals surface area contributed by atoms with Crippen molar-refractivity contribution in [3.63, 3.8) is 0 Å². The molecule has 0 spiro atoms. The zero-order chi connectivity index (χ0) is 17.5. The SMILES string of the molecule is CC(=O)N[C@H]1[C@H](OCc2ccccc2)O[C@H](CO)[C@@H](N=[N+]=[N-])[C@@H]1O. The molecular formula is C15H20N4O5. The molecule has 1 aromatic carbocycles. The Morgan fingerprint density at radius 2 is 2.17 bits per heavy atom. The number of aliphatic hydroxyl groups is 2. The van der Waals surface area contributed by atoms with E-state index >= 15 is 0 Å². The molecule has 1 amide bonds. The predicted octanol–water partition coefficient (Wildman–Crippen LogP) is 0.465. The second-order valence-electron chi connectivity index (χ2n) is 5.43. The molecule has 0 bridgehead atoms. The zero-order valence-corrected chi connectivity index (χ0v) is 13.1. The third-order valence-corrected chi connectivity index (χ3v) is 3.69. The maximum absolute atomic E-state index is 11.4. The summed E-state index contributed by atoms with van der Waals surface area (Å²) in [5.41, 5.74) is 9.51. The molecule has 0 saturated carbocycles. The van der Waals surface area contributed by atoms with Crippen LogP contribution in [-0.2, 0) is 20.9 Å². The van der Waals surface area contributed by atoms with Gasteiger partial charge in [0.1, 0.15) is 6.04 Å². The van der Waals surface area contributed by atoms with E-state index in [-0.39, 0.29) is 6.61 Å². The van der Waals surface area contributed by atoms with Crippen molar-refractivity contribution in [3.05, 3.63) is 46.3 Å². The van der Waals surface area contributed by atoms with Crippen molar-refractivity contribution >= 4 is 5.91 Å². The van der Waals surface area contributed by atoms with Gasteiger partial charge in [0.2, 0.25) is 5.91 Å². The van der Waals surface area contributed by atoms with Crippen LogP contribution in [0.15, 0.2) is 35.4 Å². The number of azide groups is 1. The smallest absolute Gasteiger partial charge is 0.217 e. The van der Waals surface area contributed by atoms with Crippen molar-refractivity contribution in [2.75, 3.05) is 6.61 Å². The fraction of sp³-hybridized carbons (Fsp3) is 0.533. The summed E-state index contributed by atoms with van der Waals surface area (Å²) in [5.74, 6) is -0.391. The maximum Gasteiger partial charge on any atom is 0.217 e. The number of aliphatic hydroxyl groups excluding tert-OH is 2. The first-order chi connectivity index (χ1) is 11.6. The van der Waals surface area contributed by atoms with Crippen LogP contribution in [0.4, 0.5) is 0 Å². The van der Waals surface area contributed by atoms with Crippen LogP contribution in [0.3, 0.4) is 0 Å². The van der Waals surface area contributed by atoms with E-state index in [1.54, 1.807) is 0 Å². The van der Waals surface area contributed by atoms with E-state index in [0.29, 0.717) is 0 Å². The van der Waals surface area contributed by atoms with Gasteiger partial charge in [-0.15, -0.1) is 0 Å². The number of carbonyl (C=O) groups is 1. The Morgan fingerprint density at radius 3 is 2.75 bits per heavy atom. The molecule has 5 atom stereocenters. The standard InChI is InChI=1S/C15H20N4O5/c1-9(21)17-13-14(22)12(18-19-16)11(7-20)24-15(13)23-8-10-5-3-2-4-6-10/h2-6,11-15,20,22H,7-8H2,1H3,(H,17,21)/t11-,12-,13-,14+,15-/m1/s1. The zero-order valence-electron chi connectivity index (χ0n) is 13.1. The minimum atomic E-state index is -1.25. The Bertz CT molecular complexity index is 593. The van der Waals surface area contributed by atoms with Crippen molar-refractivity contribution in [2.24, 2.45) is 5.11 Å². The highest BCUT2D eigenvalue weighted by Crippen LogP contribution is 2.25. The van der Waals surface area contributed by atoms with E-state index in [4.69, 9.17) is 15.0 Å². The molecule has 1 fully saturated rings. The number of nitrogens with zero attached hydrogens (tertiary/aromatic N) is 3. The molecule has 0 unspecified atom stereocenters. The lowest BCUT2D eigenvalue weighted by molar-refractivity contribution is -0.247. The van der Waals surface area contributed by atoms with Crippen LogP contribution in [0.2, 0.25) is 0 Å². The van der Waals surface area contributed by atoms with Crippen molar-refractivity contribution < 1.29 is 24.5 Å². The number of hydrogen-bond acceptors (Lipinski definition) is 6.